The van der Waals surface area contributed by atoms with Crippen molar-refractivity contribution in [3.05, 3.63) is 158 Å². The molecule has 1 aromatic heterocycles. The summed E-state index contributed by atoms with van der Waals surface area (Å²) < 4.78 is 0. The Kier molecular flexibility index (Phi) is 6.39. The van der Waals surface area contributed by atoms with Gasteiger partial charge in [0.15, 0.2) is 0 Å². The van der Waals surface area contributed by atoms with E-state index < -0.39 is 0 Å². The molecule has 224 valence electrons. The fourth-order valence-electron chi connectivity index (χ4n) is 7.00. The van der Waals surface area contributed by atoms with Gasteiger partial charge in [-0.25, -0.2) is 4.98 Å². The monoisotopic (exact) mass is 646 g/mol. The van der Waals surface area contributed by atoms with Crippen LogP contribution in [0.1, 0.15) is 0 Å². The Hall–Kier alpha value is -5.42. The van der Waals surface area contributed by atoms with Crippen LogP contribution in [-0.4, -0.2) is 9.97 Å². The molecular weight excluding hydrogens is 621 g/mol. The molecule has 1 aliphatic heterocycles. The molecule has 0 spiro atoms. The SMILES string of the molecule is c1ccc2c(c1)Sc1ccc(-c3cc(-c4ccc5c6ccccc6c6ccccc6c5c4)cc(-c4cnc5ccccc5n4)c3)cc1S2. The Bertz CT molecular complexity index is 2720. The number of aromatic nitrogens is 2. The van der Waals surface area contributed by atoms with Crippen molar-refractivity contribution in [3.63, 3.8) is 0 Å². The third-order valence-electron chi connectivity index (χ3n) is 9.32. The standard InChI is InChI=1S/C44H26N2S2/c1-2-11-34-32(9-1)33-10-3-4-12-35(33)37-24-27(17-19-36(34)37)29-21-30(23-31(22-29)40-26-45-38-13-5-6-14-39(38)46-40)28-18-20-43-44(25-28)48-42-16-8-7-15-41(42)47-43/h1-26H. The molecule has 48 heavy (non-hydrogen) atoms. The molecule has 1 aliphatic rings. The van der Waals surface area contributed by atoms with Gasteiger partial charge < -0.3 is 0 Å². The molecule has 0 N–H and O–H groups in total. The highest BCUT2D eigenvalue weighted by Crippen LogP contribution is 2.49. The van der Waals surface area contributed by atoms with E-state index in [1.54, 1.807) is 0 Å². The molecule has 2 nitrogen and oxygen atoms in total. The molecule has 2 heterocycles. The molecule has 0 saturated carbocycles. The molecule has 8 aromatic carbocycles. The van der Waals surface area contributed by atoms with Gasteiger partial charge in [0.25, 0.3) is 0 Å². The van der Waals surface area contributed by atoms with Gasteiger partial charge in [-0.15, -0.1) is 0 Å². The summed E-state index contributed by atoms with van der Waals surface area (Å²) in [6.45, 7) is 0. The Labute approximate surface area is 286 Å². The van der Waals surface area contributed by atoms with E-state index in [0.29, 0.717) is 0 Å². The average molecular weight is 647 g/mol. The molecular formula is C44H26N2S2. The first-order valence-corrected chi connectivity index (χ1v) is 17.7. The summed E-state index contributed by atoms with van der Waals surface area (Å²) in [6, 6.07) is 54.9. The van der Waals surface area contributed by atoms with Crippen LogP contribution in [0.5, 0.6) is 0 Å². The van der Waals surface area contributed by atoms with Gasteiger partial charge in [-0.05, 0) is 115 Å². The predicted octanol–water partition coefficient (Wildman–Crippen LogP) is 12.7. The molecule has 0 radical (unpaired) electrons. The summed E-state index contributed by atoms with van der Waals surface area (Å²) in [6.07, 6.45) is 1.90. The van der Waals surface area contributed by atoms with Crippen molar-refractivity contribution in [1.82, 2.24) is 9.97 Å². The van der Waals surface area contributed by atoms with Crippen molar-refractivity contribution in [2.24, 2.45) is 0 Å². The van der Waals surface area contributed by atoms with E-state index in [1.807, 2.05) is 54.0 Å². The molecule has 0 atom stereocenters. The van der Waals surface area contributed by atoms with Crippen LogP contribution >= 0.6 is 23.5 Å². The quantitative estimate of drug-likeness (QED) is 0.178. The minimum absolute atomic E-state index is 0.867. The van der Waals surface area contributed by atoms with Crippen molar-refractivity contribution < 1.29 is 0 Å². The fourth-order valence-corrected chi connectivity index (χ4v) is 9.25. The minimum Gasteiger partial charge on any atom is -0.252 e. The summed E-state index contributed by atoms with van der Waals surface area (Å²) >= 11 is 3.71. The van der Waals surface area contributed by atoms with E-state index in [0.717, 1.165) is 33.4 Å². The molecule has 4 heteroatoms. The van der Waals surface area contributed by atoms with Gasteiger partial charge in [-0.3, -0.25) is 4.98 Å². The van der Waals surface area contributed by atoms with Gasteiger partial charge in [-0.1, -0.05) is 115 Å². The Morgan fingerprint density at radius 1 is 0.333 bits per heavy atom. The van der Waals surface area contributed by atoms with Crippen LogP contribution in [0.2, 0.25) is 0 Å². The minimum atomic E-state index is 0.867. The van der Waals surface area contributed by atoms with E-state index >= 15 is 0 Å². The molecule has 0 fully saturated rings. The van der Waals surface area contributed by atoms with Gasteiger partial charge in [0.2, 0.25) is 0 Å². The lowest BCUT2D eigenvalue weighted by molar-refractivity contribution is 1.16. The van der Waals surface area contributed by atoms with Crippen LogP contribution in [0.15, 0.2) is 177 Å². The maximum atomic E-state index is 5.07. The van der Waals surface area contributed by atoms with E-state index in [4.69, 9.17) is 9.97 Å². The molecule has 0 saturated heterocycles. The third-order valence-corrected chi connectivity index (χ3v) is 11.9. The molecule has 10 rings (SSSR count). The first-order valence-electron chi connectivity index (χ1n) is 16.1. The second kappa shape index (κ2) is 11.1. The Morgan fingerprint density at radius 3 is 1.54 bits per heavy atom. The summed E-state index contributed by atoms with van der Waals surface area (Å²) in [7, 11) is 0. The lowest BCUT2D eigenvalue weighted by Gasteiger charge is -2.19. The predicted molar refractivity (Wildman–Crippen MR) is 203 cm³/mol. The normalized spacial score (nSPS) is 12.4. The third kappa shape index (κ3) is 4.60. The van der Waals surface area contributed by atoms with Crippen molar-refractivity contribution in [2.75, 3.05) is 0 Å². The fraction of sp³-hybridized carbons (Fsp3) is 0. The largest absolute Gasteiger partial charge is 0.252 e. The zero-order valence-electron chi connectivity index (χ0n) is 25.7. The molecule has 9 aromatic rings. The van der Waals surface area contributed by atoms with Crippen LogP contribution < -0.4 is 0 Å². The average Bonchev–Trinajstić information content (AvgIpc) is 3.16. The lowest BCUT2D eigenvalue weighted by atomic mass is 9.90. The molecule has 0 aliphatic carbocycles. The number of benzene rings is 8. The number of nitrogens with zero attached hydrogens (tertiary/aromatic N) is 2. The first-order chi connectivity index (χ1) is 23.7. The van der Waals surface area contributed by atoms with Crippen LogP contribution in [0, 0.1) is 0 Å². The van der Waals surface area contributed by atoms with Gasteiger partial charge in [-0.2, -0.15) is 0 Å². The number of fused-ring (bicyclic) bond motifs is 9. The zero-order chi connectivity index (χ0) is 31.6. The highest BCUT2D eigenvalue weighted by molar-refractivity contribution is 8.05. The Morgan fingerprint density at radius 2 is 0.833 bits per heavy atom. The van der Waals surface area contributed by atoms with Crippen LogP contribution in [0.4, 0.5) is 0 Å². The van der Waals surface area contributed by atoms with E-state index in [2.05, 4.69) is 127 Å². The second-order valence-corrected chi connectivity index (χ2v) is 14.4. The van der Waals surface area contributed by atoms with Crippen molar-refractivity contribution in [3.8, 4) is 33.5 Å². The number of hydrogen-bond donors (Lipinski definition) is 0. The number of hydrogen-bond acceptors (Lipinski definition) is 4. The summed E-state index contributed by atoms with van der Waals surface area (Å²) in [5.74, 6) is 0. The highest BCUT2D eigenvalue weighted by Gasteiger charge is 2.18. The summed E-state index contributed by atoms with van der Waals surface area (Å²) in [4.78, 5) is 15.1. The van der Waals surface area contributed by atoms with Crippen LogP contribution in [-0.2, 0) is 0 Å². The van der Waals surface area contributed by atoms with Crippen LogP contribution in [0.25, 0.3) is 76.9 Å². The van der Waals surface area contributed by atoms with Crippen molar-refractivity contribution >= 4 is 66.9 Å². The summed E-state index contributed by atoms with van der Waals surface area (Å²) in [5, 5.41) is 7.66. The van der Waals surface area contributed by atoms with E-state index in [-0.39, 0.29) is 0 Å². The smallest absolute Gasteiger partial charge is 0.0894 e. The number of rotatable bonds is 3. The second-order valence-electron chi connectivity index (χ2n) is 12.2. The maximum Gasteiger partial charge on any atom is 0.0894 e. The van der Waals surface area contributed by atoms with Gasteiger partial charge in [0, 0.05) is 25.1 Å². The zero-order valence-corrected chi connectivity index (χ0v) is 27.4. The van der Waals surface area contributed by atoms with Crippen LogP contribution in [0.3, 0.4) is 0 Å². The molecule has 0 bridgehead atoms. The van der Waals surface area contributed by atoms with Crippen molar-refractivity contribution in [1.29, 1.82) is 0 Å². The topological polar surface area (TPSA) is 25.8 Å². The first kappa shape index (κ1) is 27.7. The van der Waals surface area contributed by atoms with E-state index in [9.17, 15) is 0 Å². The van der Waals surface area contributed by atoms with Crippen molar-refractivity contribution in [2.45, 2.75) is 19.6 Å². The molecule has 0 unspecified atom stereocenters. The van der Waals surface area contributed by atoms with Gasteiger partial charge >= 0.3 is 0 Å². The maximum absolute atomic E-state index is 5.07. The van der Waals surface area contributed by atoms with E-state index in [1.165, 1.54) is 63.0 Å². The lowest BCUT2D eigenvalue weighted by Crippen LogP contribution is -1.93. The van der Waals surface area contributed by atoms with Gasteiger partial charge in [0.1, 0.15) is 0 Å². The highest BCUT2D eigenvalue weighted by atomic mass is 32.2. The number of para-hydroxylation sites is 2. The summed E-state index contributed by atoms with van der Waals surface area (Å²) in [5.41, 5.74) is 8.39. The van der Waals surface area contributed by atoms with Gasteiger partial charge in [0.05, 0.1) is 22.9 Å². The Balaban J connectivity index is 1.18. The molecule has 0 amide bonds.